The molecule has 0 radical (unpaired) electrons. The molecule has 0 saturated carbocycles. The Balaban J connectivity index is 1.99. The fourth-order valence-corrected chi connectivity index (χ4v) is 5.69. The van der Waals surface area contributed by atoms with Gasteiger partial charge in [0, 0.05) is 10.5 Å². The van der Waals surface area contributed by atoms with Gasteiger partial charge in [0.15, 0.2) is 5.82 Å². The van der Waals surface area contributed by atoms with Crippen LogP contribution < -0.4 is 0 Å². The van der Waals surface area contributed by atoms with E-state index >= 15 is 0 Å². The summed E-state index contributed by atoms with van der Waals surface area (Å²) < 4.78 is 27.2. The molecular formula is C15H7ClN4O2S2. The van der Waals surface area contributed by atoms with Gasteiger partial charge >= 0.3 is 0 Å². The van der Waals surface area contributed by atoms with Crippen molar-refractivity contribution in [3.63, 3.8) is 0 Å². The molecule has 0 fully saturated rings. The van der Waals surface area contributed by atoms with Gasteiger partial charge in [-0.1, -0.05) is 41.9 Å². The lowest BCUT2D eigenvalue weighted by Gasteiger charge is -2.19. The highest BCUT2D eigenvalue weighted by Crippen LogP contribution is 2.43. The van der Waals surface area contributed by atoms with E-state index in [4.69, 9.17) is 16.9 Å². The van der Waals surface area contributed by atoms with Crippen LogP contribution in [0.2, 0.25) is 5.02 Å². The molecule has 1 aliphatic rings. The maximum atomic E-state index is 13.0. The Morgan fingerprint density at radius 2 is 1.92 bits per heavy atom. The molecule has 0 amide bonds. The fraction of sp³-hybridized carbons (Fsp3) is 0. The van der Waals surface area contributed by atoms with Crippen LogP contribution in [0.1, 0.15) is 5.56 Å². The summed E-state index contributed by atoms with van der Waals surface area (Å²) in [5, 5.41) is 17.6. The van der Waals surface area contributed by atoms with Crippen molar-refractivity contribution in [3.05, 3.63) is 53.1 Å². The number of halogens is 1. The Morgan fingerprint density at radius 3 is 2.62 bits per heavy atom. The number of hydrogen-bond donors (Lipinski definition) is 0. The number of nitrogens with zero attached hydrogens (tertiary/aromatic N) is 4. The first kappa shape index (κ1) is 15.2. The summed E-state index contributed by atoms with van der Waals surface area (Å²) in [5.74, 6) is 0.234. The molecular weight excluding hydrogens is 368 g/mol. The van der Waals surface area contributed by atoms with Gasteiger partial charge < -0.3 is 0 Å². The minimum atomic E-state index is -3.93. The van der Waals surface area contributed by atoms with Crippen molar-refractivity contribution >= 4 is 33.4 Å². The largest absolute Gasteiger partial charge is 0.272 e. The zero-order valence-corrected chi connectivity index (χ0v) is 14.2. The van der Waals surface area contributed by atoms with Crippen molar-refractivity contribution in [2.24, 2.45) is 0 Å². The molecule has 1 aromatic heterocycles. The van der Waals surface area contributed by atoms with Crippen molar-refractivity contribution < 1.29 is 8.42 Å². The highest BCUT2D eigenvalue weighted by atomic mass is 35.5. The van der Waals surface area contributed by atoms with Gasteiger partial charge in [-0.25, -0.2) is 8.42 Å². The van der Waals surface area contributed by atoms with Crippen LogP contribution in [0.25, 0.3) is 11.4 Å². The standard InChI is InChI=1S/C15H7ClN4O2S2/c16-11-7-12-13(6-10(11)8-17)24(21,22)20-14(18-19-15(20)23-12)9-4-2-1-3-5-9/h1-7H. The van der Waals surface area contributed by atoms with E-state index in [1.165, 1.54) is 12.1 Å². The van der Waals surface area contributed by atoms with Crippen molar-refractivity contribution in [1.29, 1.82) is 5.26 Å². The van der Waals surface area contributed by atoms with Crippen LogP contribution in [-0.2, 0) is 10.0 Å². The normalized spacial score (nSPS) is 14.5. The van der Waals surface area contributed by atoms with Crippen LogP contribution in [0.15, 0.2) is 57.4 Å². The van der Waals surface area contributed by atoms with Crippen molar-refractivity contribution in [2.45, 2.75) is 14.9 Å². The van der Waals surface area contributed by atoms with Gasteiger partial charge in [0.1, 0.15) is 11.0 Å². The first-order chi connectivity index (χ1) is 11.5. The number of aromatic nitrogens is 3. The third-order valence-electron chi connectivity index (χ3n) is 3.50. The van der Waals surface area contributed by atoms with Gasteiger partial charge in [-0.2, -0.15) is 9.23 Å². The second-order valence-electron chi connectivity index (χ2n) is 4.93. The van der Waals surface area contributed by atoms with Crippen LogP contribution in [0.4, 0.5) is 0 Å². The van der Waals surface area contributed by atoms with Gasteiger partial charge in [0.05, 0.1) is 10.6 Å². The Bertz CT molecular complexity index is 1120. The summed E-state index contributed by atoms with van der Waals surface area (Å²) in [6.07, 6.45) is 0. The Hall–Kier alpha value is -2.34. The van der Waals surface area contributed by atoms with Crippen LogP contribution in [0.5, 0.6) is 0 Å². The van der Waals surface area contributed by atoms with E-state index in [2.05, 4.69) is 10.2 Å². The second-order valence-corrected chi connectivity index (χ2v) is 8.11. The number of rotatable bonds is 1. The molecule has 6 nitrogen and oxygen atoms in total. The average Bonchev–Trinajstić information content (AvgIpc) is 3.00. The molecule has 2 heterocycles. The molecule has 3 aromatic rings. The third kappa shape index (κ3) is 2.13. The number of hydrogen-bond acceptors (Lipinski definition) is 6. The van der Waals surface area contributed by atoms with Crippen LogP contribution in [0.3, 0.4) is 0 Å². The van der Waals surface area contributed by atoms with Gasteiger partial charge in [0.25, 0.3) is 10.0 Å². The monoisotopic (exact) mass is 374 g/mol. The maximum absolute atomic E-state index is 13.0. The highest BCUT2D eigenvalue weighted by Gasteiger charge is 2.35. The van der Waals surface area contributed by atoms with E-state index in [-0.39, 0.29) is 26.5 Å². The van der Waals surface area contributed by atoms with E-state index in [0.29, 0.717) is 10.5 Å². The molecule has 2 aromatic carbocycles. The molecule has 1 aliphatic heterocycles. The Morgan fingerprint density at radius 1 is 1.17 bits per heavy atom. The Labute approximate surface area is 146 Å². The molecule has 0 spiro atoms. The predicted octanol–water partition coefficient (Wildman–Crippen LogP) is 3.17. The van der Waals surface area contributed by atoms with Gasteiger partial charge in [-0.15, -0.1) is 10.2 Å². The van der Waals surface area contributed by atoms with Crippen LogP contribution >= 0.6 is 23.4 Å². The fourth-order valence-electron chi connectivity index (χ4n) is 2.40. The first-order valence-corrected chi connectivity index (χ1v) is 9.34. The minimum absolute atomic E-state index is 0.0259. The van der Waals surface area contributed by atoms with Crippen LogP contribution in [-0.4, -0.2) is 22.6 Å². The quantitative estimate of drug-likeness (QED) is 0.508. The summed E-state index contributed by atoms with van der Waals surface area (Å²) in [5.41, 5.74) is 0.746. The molecule has 9 heteroatoms. The smallest absolute Gasteiger partial charge is 0.201 e. The SMILES string of the molecule is N#Cc1cc2c(cc1Cl)Sc1nnc(-c3ccccc3)n1S2(=O)=O. The van der Waals surface area contributed by atoms with E-state index < -0.39 is 10.0 Å². The summed E-state index contributed by atoms with van der Waals surface area (Å²) in [4.78, 5) is 0.455. The topological polar surface area (TPSA) is 88.6 Å². The minimum Gasteiger partial charge on any atom is -0.201 e. The lowest BCUT2D eigenvalue weighted by Crippen LogP contribution is -2.19. The zero-order valence-electron chi connectivity index (χ0n) is 11.8. The van der Waals surface area contributed by atoms with E-state index in [9.17, 15) is 8.42 Å². The lowest BCUT2D eigenvalue weighted by molar-refractivity contribution is 0.579. The molecule has 0 saturated heterocycles. The molecule has 0 bridgehead atoms. The predicted molar refractivity (Wildman–Crippen MR) is 88.3 cm³/mol. The van der Waals surface area contributed by atoms with E-state index in [1.54, 1.807) is 24.3 Å². The lowest BCUT2D eigenvalue weighted by atomic mass is 10.2. The summed E-state index contributed by atoms with van der Waals surface area (Å²) >= 11 is 7.16. The average molecular weight is 375 g/mol. The maximum Gasteiger partial charge on any atom is 0.272 e. The van der Waals surface area contributed by atoms with Crippen molar-refractivity contribution in [2.75, 3.05) is 0 Å². The first-order valence-electron chi connectivity index (χ1n) is 6.70. The molecule has 0 aliphatic carbocycles. The van der Waals surface area contributed by atoms with Crippen molar-refractivity contribution in [1.82, 2.24) is 14.2 Å². The number of benzene rings is 2. The zero-order chi connectivity index (χ0) is 16.9. The second kappa shape index (κ2) is 5.34. The van der Waals surface area contributed by atoms with E-state index in [1.807, 2.05) is 12.1 Å². The molecule has 0 unspecified atom stereocenters. The summed E-state index contributed by atoms with van der Waals surface area (Å²) in [6, 6.07) is 13.6. The van der Waals surface area contributed by atoms with Crippen LogP contribution in [0, 0.1) is 11.3 Å². The molecule has 118 valence electrons. The molecule has 0 atom stereocenters. The highest BCUT2D eigenvalue weighted by molar-refractivity contribution is 8.01. The van der Waals surface area contributed by atoms with E-state index in [0.717, 1.165) is 15.7 Å². The number of nitriles is 1. The summed E-state index contributed by atoms with van der Waals surface area (Å²) in [7, 11) is -3.93. The van der Waals surface area contributed by atoms with Gasteiger partial charge in [0.2, 0.25) is 5.16 Å². The number of fused-ring (bicyclic) bond motifs is 2. The molecule has 4 rings (SSSR count). The molecule has 0 N–H and O–H groups in total. The summed E-state index contributed by atoms with van der Waals surface area (Å²) in [6.45, 7) is 0. The third-order valence-corrected chi connectivity index (χ3v) is 6.78. The van der Waals surface area contributed by atoms with Crippen molar-refractivity contribution in [3.8, 4) is 17.5 Å². The molecule has 24 heavy (non-hydrogen) atoms. The van der Waals surface area contributed by atoms with Gasteiger partial charge in [-0.05, 0) is 23.9 Å². The Kier molecular flexibility index (Phi) is 3.38. The van der Waals surface area contributed by atoms with Gasteiger partial charge in [-0.3, -0.25) is 0 Å².